The molecular weight excluding hydrogens is 360 g/mol. The maximum atomic E-state index is 12.6. The summed E-state index contributed by atoms with van der Waals surface area (Å²) < 4.78 is 11.1. The molecule has 0 spiro atoms. The van der Waals surface area contributed by atoms with Crippen molar-refractivity contribution in [3.63, 3.8) is 0 Å². The van der Waals surface area contributed by atoms with Crippen molar-refractivity contribution in [3.05, 3.63) is 24.3 Å². The Morgan fingerprint density at radius 2 is 1.82 bits per heavy atom. The van der Waals surface area contributed by atoms with E-state index in [2.05, 4.69) is 5.32 Å². The maximum Gasteiger partial charge on any atom is 0.350 e. The van der Waals surface area contributed by atoms with Crippen LogP contribution in [0.3, 0.4) is 0 Å². The van der Waals surface area contributed by atoms with Crippen LogP contribution in [0.1, 0.15) is 52.4 Å². The van der Waals surface area contributed by atoms with E-state index in [9.17, 15) is 14.4 Å². The molecule has 1 aliphatic heterocycles. The molecular formula is C21H28N2O5. The number of nitrogens with one attached hydrogen (secondary N) is 1. The summed E-state index contributed by atoms with van der Waals surface area (Å²) in [6.45, 7) is 3.05. The van der Waals surface area contributed by atoms with E-state index in [-0.39, 0.29) is 24.4 Å². The topological polar surface area (TPSA) is 84.9 Å². The fourth-order valence-electron chi connectivity index (χ4n) is 3.70. The van der Waals surface area contributed by atoms with Gasteiger partial charge in [0.05, 0.1) is 12.2 Å². The Kier molecular flexibility index (Phi) is 6.54. The molecule has 1 aliphatic carbocycles. The highest BCUT2D eigenvalue weighted by atomic mass is 16.6. The molecule has 0 saturated heterocycles. The Hall–Kier alpha value is -2.57. The summed E-state index contributed by atoms with van der Waals surface area (Å²) in [6, 6.07) is 7.18. The number of nitrogens with zero attached hydrogens (tertiary/aromatic N) is 1. The van der Waals surface area contributed by atoms with Crippen LogP contribution >= 0.6 is 0 Å². The fraction of sp³-hybridized carbons (Fsp3) is 0.571. The van der Waals surface area contributed by atoms with Crippen LogP contribution < -0.4 is 15.0 Å². The first kappa shape index (κ1) is 20.2. The molecule has 1 saturated carbocycles. The largest absolute Gasteiger partial charge is 0.475 e. The molecule has 1 aromatic rings. The quantitative estimate of drug-likeness (QED) is 0.633. The van der Waals surface area contributed by atoms with Crippen molar-refractivity contribution in [2.24, 2.45) is 0 Å². The van der Waals surface area contributed by atoms with E-state index < -0.39 is 18.2 Å². The van der Waals surface area contributed by atoms with Crippen molar-refractivity contribution in [1.29, 1.82) is 0 Å². The van der Waals surface area contributed by atoms with Gasteiger partial charge in [-0.25, -0.2) is 4.79 Å². The summed E-state index contributed by atoms with van der Waals surface area (Å²) in [5.41, 5.74) is 0.623. The molecule has 2 amide bonds. The number of rotatable bonds is 4. The van der Waals surface area contributed by atoms with Gasteiger partial charge in [0.15, 0.2) is 6.10 Å². The van der Waals surface area contributed by atoms with E-state index in [0.717, 1.165) is 25.7 Å². The molecule has 2 aliphatic rings. The highest BCUT2D eigenvalue weighted by Gasteiger charge is 2.35. The molecule has 1 N–H and O–H groups in total. The molecule has 0 radical (unpaired) electrons. The van der Waals surface area contributed by atoms with E-state index in [1.54, 1.807) is 31.2 Å². The molecule has 1 heterocycles. The van der Waals surface area contributed by atoms with Gasteiger partial charge >= 0.3 is 5.97 Å². The number of carbonyl (C=O) groups excluding carboxylic acids is 3. The van der Waals surface area contributed by atoms with Crippen LogP contribution in [0.2, 0.25) is 0 Å². The second kappa shape index (κ2) is 9.08. The zero-order chi connectivity index (χ0) is 20.1. The Balaban J connectivity index is 1.59. The van der Waals surface area contributed by atoms with Crippen LogP contribution in [0.5, 0.6) is 5.75 Å². The summed E-state index contributed by atoms with van der Waals surface area (Å²) >= 11 is 0. The molecule has 152 valence electrons. The summed E-state index contributed by atoms with van der Waals surface area (Å²) in [4.78, 5) is 38.4. The third-order valence-corrected chi connectivity index (χ3v) is 5.28. The Bertz CT molecular complexity index is 727. The van der Waals surface area contributed by atoms with Crippen molar-refractivity contribution in [2.45, 2.75) is 70.6 Å². The predicted molar refractivity (Wildman–Crippen MR) is 104 cm³/mol. The number of hydrogen-bond acceptors (Lipinski definition) is 5. The van der Waals surface area contributed by atoms with Gasteiger partial charge in [0, 0.05) is 13.0 Å². The number of benzene rings is 1. The fourth-order valence-corrected chi connectivity index (χ4v) is 3.70. The lowest BCUT2D eigenvalue weighted by Gasteiger charge is -2.33. The maximum absolute atomic E-state index is 12.6. The number of hydrogen-bond donors (Lipinski definition) is 1. The smallest absolute Gasteiger partial charge is 0.350 e. The monoisotopic (exact) mass is 388 g/mol. The molecule has 0 unspecified atom stereocenters. The van der Waals surface area contributed by atoms with Gasteiger partial charge in [-0.05, 0) is 31.9 Å². The van der Waals surface area contributed by atoms with Gasteiger partial charge in [-0.1, -0.05) is 37.8 Å². The minimum atomic E-state index is -0.966. The molecule has 1 aromatic carbocycles. The van der Waals surface area contributed by atoms with Crippen molar-refractivity contribution in [3.8, 4) is 5.75 Å². The normalized spacial score (nSPS) is 20.9. The van der Waals surface area contributed by atoms with Gasteiger partial charge in [0.2, 0.25) is 12.0 Å². The number of carbonyl (C=O) groups is 3. The lowest BCUT2D eigenvalue weighted by atomic mass is 10.1. The highest BCUT2D eigenvalue weighted by molar-refractivity contribution is 5.95. The van der Waals surface area contributed by atoms with Crippen LogP contribution in [-0.4, -0.2) is 42.6 Å². The second-order valence-electron chi connectivity index (χ2n) is 7.48. The second-order valence-corrected chi connectivity index (χ2v) is 7.48. The van der Waals surface area contributed by atoms with Gasteiger partial charge in [-0.15, -0.1) is 0 Å². The van der Waals surface area contributed by atoms with E-state index in [0.29, 0.717) is 11.4 Å². The predicted octanol–water partition coefficient (Wildman–Crippen LogP) is 2.57. The van der Waals surface area contributed by atoms with Gasteiger partial charge in [-0.3, -0.25) is 9.59 Å². The molecule has 1 fully saturated rings. The number of para-hydroxylation sites is 2. The van der Waals surface area contributed by atoms with Crippen LogP contribution in [0, 0.1) is 0 Å². The summed E-state index contributed by atoms with van der Waals surface area (Å²) in [5.74, 6) is -0.682. The molecule has 0 bridgehead atoms. The number of anilines is 1. The third kappa shape index (κ3) is 4.82. The van der Waals surface area contributed by atoms with Gasteiger partial charge < -0.3 is 19.7 Å². The van der Waals surface area contributed by atoms with Crippen molar-refractivity contribution in [1.82, 2.24) is 5.32 Å². The number of amides is 2. The first-order chi connectivity index (χ1) is 13.5. The lowest BCUT2D eigenvalue weighted by molar-refractivity contribution is -0.161. The van der Waals surface area contributed by atoms with Gasteiger partial charge in [0.1, 0.15) is 5.75 Å². The van der Waals surface area contributed by atoms with Gasteiger partial charge in [0.25, 0.3) is 5.91 Å². The van der Waals surface area contributed by atoms with Crippen LogP contribution in [0.15, 0.2) is 24.3 Å². The molecule has 2 atom stereocenters. The minimum Gasteiger partial charge on any atom is -0.475 e. The Morgan fingerprint density at radius 3 is 2.50 bits per heavy atom. The standard InChI is InChI=1S/C21H28N2O5/c1-14(20(25)22-16-9-5-3-4-6-10-16)27-21(26)19-13-23(15(2)24)17-11-7-8-12-18(17)28-19/h7-8,11-12,14,16,19H,3-6,9-10,13H2,1-2H3,(H,22,25)/t14-,19-/m1/s1. The van der Waals surface area contributed by atoms with Crippen molar-refractivity contribution in [2.75, 3.05) is 11.4 Å². The van der Waals surface area contributed by atoms with E-state index >= 15 is 0 Å². The molecule has 0 aromatic heterocycles. The van der Waals surface area contributed by atoms with E-state index in [4.69, 9.17) is 9.47 Å². The number of ether oxygens (including phenoxy) is 2. The number of esters is 1. The van der Waals surface area contributed by atoms with E-state index in [1.807, 2.05) is 0 Å². The molecule has 28 heavy (non-hydrogen) atoms. The molecule has 7 nitrogen and oxygen atoms in total. The summed E-state index contributed by atoms with van der Waals surface area (Å²) in [5, 5.41) is 2.99. The van der Waals surface area contributed by atoms with E-state index in [1.165, 1.54) is 24.7 Å². The van der Waals surface area contributed by atoms with Crippen molar-refractivity contribution >= 4 is 23.5 Å². The van der Waals surface area contributed by atoms with Crippen LogP contribution in [-0.2, 0) is 19.1 Å². The average Bonchev–Trinajstić information content (AvgIpc) is 2.95. The molecule has 7 heteroatoms. The Morgan fingerprint density at radius 1 is 1.14 bits per heavy atom. The lowest BCUT2D eigenvalue weighted by Crippen LogP contribution is -2.49. The van der Waals surface area contributed by atoms with Crippen LogP contribution in [0.4, 0.5) is 5.69 Å². The Labute approximate surface area is 165 Å². The molecule has 3 rings (SSSR count). The average molecular weight is 388 g/mol. The minimum absolute atomic E-state index is 0.0577. The first-order valence-electron chi connectivity index (χ1n) is 10.0. The zero-order valence-electron chi connectivity index (χ0n) is 16.5. The number of fused-ring (bicyclic) bond motifs is 1. The van der Waals surface area contributed by atoms with Crippen LogP contribution in [0.25, 0.3) is 0 Å². The van der Waals surface area contributed by atoms with Crippen molar-refractivity contribution < 1.29 is 23.9 Å². The SMILES string of the molecule is CC(=O)N1C[C@H](C(=O)O[C@H](C)C(=O)NC2CCCCCC2)Oc2ccccc21. The summed E-state index contributed by atoms with van der Waals surface area (Å²) in [7, 11) is 0. The summed E-state index contributed by atoms with van der Waals surface area (Å²) in [6.07, 6.45) is 4.65. The zero-order valence-corrected chi connectivity index (χ0v) is 16.5. The third-order valence-electron chi connectivity index (χ3n) is 5.28. The van der Waals surface area contributed by atoms with Gasteiger partial charge in [-0.2, -0.15) is 0 Å². The highest BCUT2D eigenvalue weighted by Crippen LogP contribution is 2.33. The first-order valence-corrected chi connectivity index (χ1v) is 10.0.